The quantitative estimate of drug-likeness (QED) is 0.861. The van der Waals surface area contributed by atoms with Crippen molar-refractivity contribution in [3.8, 4) is 11.8 Å². The Morgan fingerprint density at radius 2 is 2.00 bits per heavy atom. The molecule has 0 bridgehead atoms. The summed E-state index contributed by atoms with van der Waals surface area (Å²) < 4.78 is 7.43. The highest BCUT2D eigenvalue weighted by molar-refractivity contribution is 6.31. The summed E-state index contributed by atoms with van der Waals surface area (Å²) in [6.45, 7) is 4.96. The molecule has 0 aliphatic carbocycles. The highest BCUT2D eigenvalue weighted by Gasteiger charge is 2.08. The fourth-order valence-corrected chi connectivity index (χ4v) is 1.90. The maximum atomic E-state index is 8.70. The summed E-state index contributed by atoms with van der Waals surface area (Å²) in [6.07, 6.45) is 0. The number of halogens is 1. The predicted molar refractivity (Wildman–Crippen MR) is 73.4 cm³/mol. The van der Waals surface area contributed by atoms with Gasteiger partial charge in [0.1, 0.15) is 12.4 Å². The van der Waals surface area contributed by atoms with Gasteiger partial charge in [-0.15, -0.1) is 0 Å². The lowest BCUT2D eigenvalue weighted by Crippen LogP contribution is -2.10. The molecule has 1 aromatic carbocycles. The SMILES string of the molecule is Cc1nn(CCOc2ccc(C#N)cc2)c(C)c1Cl. The fourth-order valence-electron chi connectivity index (χ4n) is 1.77. The van der Waals surface area contributed by atoms with Gasteiger partial charge in [-0.2, -0.15) is 10.4 Å². The zero-order chi connectivity index (χ0) is 13.8. The van der Waals surface area contributed by atoms with Gasteiger partial charge in [0.15, 0.2) is 0 Å². The van der Waals surface area contributed by atoms with Crippen LogP contribution in [0.3, 0.4) is 0 Å². The normalized spacial score (nSPS) is 10.2. The van der Waals surface area contributed by atoms with Crippen LogP contribution in [0.5, 0.6) is 5.75 Å². The fraction of sp³-hybridized carbons (Fsp3) is 0.286. The first kappa shape index (κ1) is 13.4. The molecule has 0 aliphatic rings. The highest BCUT2D eigenvalue weighted by Crippen LogP contribution is 2.19. The molecule has 0 N–H and O–H groups in total. The first-order chi connectivity index (χ1) is 9.11. The standard InChI is InChI=1S/C14H14ClN3O/c1-10-14(15)11(2)18(17-10)7-8-19-13-5-3-12(9-16)4-6-13/h3-6H,7-8H2,1-2H3. The van der Waals surface area contributed by atoms with Crippen LogP contribution < -0.4 is 4.74 Å². The lowest BCUT2D eigenvalue weighted by molar-refractivity contribution is 0.289. The predicted octanol–water partition coefficient (Wildman–Crippen LogP) is 3.10. The van der Waals surface area contributed by atoms with Crippen LogP contribution in [0.15, 0.2) is 24.3 Å². The van der Waals surface area contributed by atoms with Crippen molar-refractivity contribution in [1.29, 1.82) is 5.26 Å². The molecular weight excluding hydrogens is 262 g/mol. The minimum Gasteiger partial charge on any atom is -0.492 e. The molecule has 0 saturated heterocycles. The summed E-state index contributed by atoms with van der Waals surface area (Å²) >= 11 is 6.07. The third-order valence-corrected chi connectivity index (χ3v) is 3.40. The molecule has 19 heavy (non-hydrogen) atoms. The van der Waals surface area contributed by atoms with Crippen molar-refractivity contribution in [3.05, 3.63) is 46.2 Å². The van der Waals surface area contributed by atoms with Gasteiger partial charge in [-0.25, -0.2) is 0 Å². The van der Waals surface area contributed by atoms with E-state index in [2.05, 4.69) is 11.2 Å². The minimum absolute atomic E-state index is 0.504. The van der Waals surface area contributed by atoms with Crippen molar-refractivity contribution in [3.63, 3.8) is 0 Å². The number of hydrogen-bond acceptors (Lipinski definition) is 3. The smallest absolute Gasteiger partial charge is 0.119 e. The van der Waals surface area contributed by atoms with Gasteiger partial charge in [-0.05, 0) is 38.1 Å². The van der Waals surface area contributed by atoms with Gasteiger partial charge in [0.25, 0.3) is 0 Å². The number of hydrogen-bond donors (Lipinski definition) is 0. The molecule has 98 valence electrons. The number of nitriles is 1. The van der Waals surface area contributed by atoms with E-state index in [1.165, 1.54) is 0 Å². The van der Waals surface area contributed by atoms with Gasteiger partial charge < -0.3 is 4.74 Å². The van der Waals surface area contributed by atoms with E-state index in [0.29, 0.717) is 23.7 Å². The van der Waals surface area contributed by atoms with Crippen molar-refractivity contribution < 1.29 is 4.74 Å². The van der Waals surface area contributed by atoms with Crippen LogP contribution in [-0.4, -0.2) is 16.4 Å². The number of aryl methyl sites for hydroxylation is 1. The van der Waals surface area contributed by atoms with Crippen molar-refractivity contribution in [1.82, 2.24) is 9.78 Å². The molecule has 1 heterocycles. The molecule has 0 radical (unpaired) electrons. The maximum Gasteiger partial charge on any atom is 0.119 e. The van der Waals surface area contributed by atoms with Crippen LogP contribution in [0, 0.1) is 25.2 Å². The monoisotopic (exact) mass is 275 g/mol. The number of benzene rings is 1. The van der Waals surface area contributed by atoms with Crippen molar-refractivity contribution in [2.24, 2.45) is 0 Å². The summed E-state index contributed by atoms with van der Waals surface area (Å²) in [6, 6.07) is 9.10. The zero-order valence-electron chi connectivity index (χ0n) is 10.9. The van der Waals surface area contributed by atoms with Crippen molar-refractivity contribution in [2.75, 3.05) is 6.61 Å². The molecule has 1 aromatic heterocycles. The van der Waals surface area contributed by atoms with Crippen LogP contribution in [0.25, 0.3) is 0 Å². The van der Waals surface area contributed by atoms with E-state index in [1.807, 2.05) is 18.5 Å². The van der Waals surface area contributed by atoms with Gasteiger partial charge in [0, 0.05) is 0 Å². The summed E-state index contributed by atoms with van der Waals surface area (Å²) in [5, 5.41) is 13.7. The van der Waals surface area contributed by atoms with E-state index in [9.17, 15) is 0 Å². The van der Waals surface area contributed by atoms with Crippen LogP contribution in [0.4, 0.5) is 0 Å². The van der Waals surface area contributed by atoms with E-state index < -0.39 is 0 Å². The van der Waals surface area contributed by atoms with E-state index >= 15 is 0 Å². The average molecular weight is 276 g/mol. The number of rotatable bonds is 4. The number of aromatic nitrogens is 2. The molecule has 4 nitrogen and oxygen atoms in total. The van der Waals surface area contributed by atoms with Gasteiger partial charge >= 0.3 is 0 Å². The molecular formula is C14H14ClN3O. The Bertz CT molecular complexity index is 611. The molecule has 2 aromatic rings. The van der Waals surface area contributed by atoms with Crippen LogP contribution in [0.2, 0.25) is 5.02 Å². The van der Waals surface area contributed by atoms with Crippen molar-refractivity contribution >= 4 is 11.6 Å². The molecule has 0 amide bonds. The van der Waals surface area contributed by atoms with Crippen molar-refractivity contribution in [2.45, 2.75) is 20.4 Å². The second kappa shape index (κ2) is 5.77. The topological polar surface area (TPSA) is 50.8 Å². The van der Waals surface area contributed by atoms with Crippen LogP contribution in [-0.2, 0) is 6.54 Å². The molecule has 0 unspecified atom stereocenters. The van der Waals surface area contributed by atoms with Crippen LogP contribution >= 0.6 is 11.6 Å². The van der Waals surface area contributed by atoms with E-state index in [1.54, 1.807) is 24.3 Å². The Hall–Kier alpha value is -1.99. The first-order valence-corrected chi connectivity index (χ1v) is 6.32. The lowest BCUT2D eigenvalue weighted by atomic mass is 10.2. The Balaban J connectivity index is 1.92. The molecule has 5 heteroatoms. The molecule has 0 fully saturated rings. The highest BCUT2D eigenvalue weighted by atomic mass is 35.5. The zero-order valence-corrected chi connectivity index (χ0v) is 11.6. The minimum atomic E-state index is 0.504. The summed E-state index contributed by atoms with van der Waals surface area (Å²) in [5.74, 6) is 0.742. The Labute approximate surface area is 117 Å². The third-order valence-electron chi connectivity index (χ3n) is 2.85. The second-order valence-corrected chi connectivity index (χ2v) is 4.57. The largest absolute Gasteiger partial charge is 0.492 e. The van der Waals surface area contributed by atoms with Gasteiger partial charge in [0.2, 0.25) is 0 Å². The molecule has 0 aliphatic heterocycles. The van der Waals surface area contributed by atoms with E-state index in [4.69, 9.17) is 21.6 Å². The van der Waals surface area contributed by atoms with Gasteiger partial charge in [-0.3, -0.25) is 4.68 Å². The summed E-state index contributed by atoms with van der Waals surface area (Å²) in [5.41, 5.74) is 2.40. The molecule has 0 saturated carbocycles. The van der Waals surface area contributed by atoms with Gasteiger partial charge in [0.05, 0.1) is 34.6 Å². The number of ether oxygens (including phenoxy) is 1. The maximum absolute atomic E-state index is 8.70. The number of nitrogens with zero attached hydrogens (tertiary/aromatic N) is 3. The van der Waals surface area contributed by atoms with E-state index in [-0.39, 0.29) is 0 Å². The third kappa shape index (κ3) is 3.07. The van der Waals surface area contributed by atoms with Crippen LogP contribution in [0.1, 0.15) is 17.0 Å². The Morgan fingerprint density at radius 3 is 2.53 bits per heavy atom. The van der Waals surface area contributed by atoms with Gasteiger partial charge in [-0.1, -0.05) is 11.6 Å². The molecule has 0 spiro atoms. The Morgan fingerprint density at radius 1 is 1.32 bits per heavy atom. The summed E-state index contributed by atoms with van der Waals surface area (Å²) in [4.78, 5) is 0. The lowest BCUT2D eigenvalue weighted by Gasteiger charge is -2.07. The summed E-state index contributed by atoms with van der Waals surface area (Å²) in [7, 11) is 0. The molecule has 0 atom stereocenters. The average Bonchev–Trinajstić information content (AvgIpc) is 2.67. The van der Waals surface area contributed by atoms with E-state index in [0.717, 1.165) is 17.1 Å². The second-order valence-electron chi connectivity index (χ2n) is 4.19. The Kier molecular flexibility index (Phi) is 4.08. The first-order valence-electron chi connectivity index (χ1n) is 5.94. The molecule has 2 rings (SSSR count).